The molecule has 2 aliphatic carbocycles. The fourth-order valence-electron chi connectivity index (χ4n) is 4.97. The summed E-state index contributed by atoms with van der Waals surface area (Å²) in [7, 11) is 1.33. The number of carbonyl (C=O) groups excluding carboxylic acids is 3. The van der Waals surface area contributed by atoms with Crippen LogP contribution >= 0.6 is 0 Å². The molecule has 2 aliphatic rings. The van der Waals surface area contributed by atoms with Crippen LogP contribution in [0.1, 0.15) is 82.6 Å². The van der Waals surface area contributed by atoms with Crippen molar-refractivity contribution in [2.24, 2.45) is 11.8 Å². The second-order valence-electron chi connectivity index (χ2n) is 9.34. The summed E-state index contributed by atoms with van der Waals surface area (Å²) in [6, 6.07) is 6.38. The second-order valence-corrected chi connectivity index (χ2v) is 9.34. The summed E-state index contributed by atoms with van der Waals surface area (Å²) in [5.41, 5.74) is 0.863. The van der Waals surface area contributed by atoms with Gasteiger partial charge in [-0.3, -0.25) is 9.59 Å². The van der Waals surface area contributed by atoms with Gasteiger partial charge in [-0.25, -0.2) is 4.79 Å². The van der Waals surface area contributed by atoms with Gasteiger partial charge in [-0.2, -0.15) is 0 Å². The lowest BCUT2D eigenvalue weighted by Gasteiger charge is -2.17. The highest BCUT2D eigenvalue weighted by atomic mass is 16.5. The summed E-state index contributed by atoms with van der Waals surface area (Å²) < 4.78 is 10.3. The average Bonchev–Trinajstić information content (AvgIpc) is 3.51. The summed E-state index contributed by atoms with van der Waals surface area (Å²) in [6.07, 6.45) is 12.9. The molecule has 1 amide bonds. The highest BCUT2D eigenvalue weighted by molar-refractivity contribution is 5.84. The average molecular weight is 444 g/mol. The summed E-state index contributed by atoms with van der Waals surface area (Å²) in [4.78, 5) is 36.7. The molecular weight excluding hydrogens is 406 g/mol. The minimum atomic E-state index is -0.726. The third kappa shape index (κ3) is 7.95. The van der Waals surface area contributed by atoms with Crippen molar-refractivity contribution in [1.29, 1.82) is 0 Å². The fourth-order valence-corrected chi connectivity index (χ4v) is 4.97. The van der Waals surface area contributed by atoms with E-state index in [-0.39, 0.29) is 11.9 Å². The molecule has 0 unspecified atom stereocenters. The second kappa shape index (κ2) is 12.6. The number of benzene rings is 1. The van der Waals surface area contributed by atoms with Crippen LogP contribution in [0.3, 0.4) is 0 Å². The highest BCUT2D eigenvalue weighted by Crippen LogP contribution is 2.29. The maximum atomic E-state index is 12.4. The van der Waals surface area contributed by atoms with Crippen LogP contribution in [-0.4, -0.2) is 31.0 Å². The van der Waals surface area contributed by atoms with Crippen molar-refractivity contribution < 1.29 is 23.9 Å². The van der Waals surface area contributed by atoms with Crippen LogP contribution in [0.15, 0.2) is 24.3 Å². The number of hydrogen-bond donors (Lipinski definition) is 1. The maximum Gasteiger partial charge on any atom is 0.328 e. The van der Waals surface area contributed by atoms with E-state index in [1.54, 1.807) is 12.1 Å². The molecule has 0 saturated heterocycles. The largest absolute Gasteiger partial charge is 0.467 e. The van der Waals surface area contributed by atoms with Crippen LogP contribution in [0.2, 0.25) is 0 Å². The fraction of sp³-hybridized carbons (Fsp3) is 0.654. The quantitative estimate of drug-likeness (QED) is 0.395. The third-order valence-corrected chi connectivity index (χ3v) is 6.90. The monoisotopic (exact) mass is 443 g/mol. The molecule has 0 radical (unpaired) electrons. The molecule has 1 atom stereocenters. The third-order valence-electron chi connectivity index (χ3n) is 6.90. The lowest BCUT2D eigenvalue weighted by Crippen LogP contribution is -2.43. The number of nitrogens with one attached hydrogen (secondary N) is 1. The summed E-state index contributed by atoms with van der Waals surface area (Å²) in [6.45, 7) is 0. The van der Waals surface area contributed by atoms with Crippen molar-refractivity contribution in [2.45, 2.75) is 89.5 Å². The summed E-state index contributed by atoms with van der Waals surface area (Å²) in [5.74, 6) is 1.02. The number of amides is 1. The van der Waals surface area contributed by atoms with Crippen LogP contribution in [0.25, 0.3) is 0 Å². The molecule has 6 heteroatoms. The van der Waals surface area contributed by atoms with Crippen molar-refractivity contribution in [3.8, 4) is 5.75 Å². The van der Waals surface area contributed by atoms with Crippen molar-refractivity contribution in [3.63, 3.8) is 0 Å². The molecule has 0 aromatic heterocycles. The first-order valence-corrected chi connectivity index (χ1v) is 12.2. The Bertz CT molecular complexity index is 748. The minimum Gasteiger partial charge on any atom is -0.467 e. The van der Waals surface area contributed by atoms with Crippen molar-refractivity contribution in [3.05, 3.63) is 29.8 Å². The molecule has 2 fully saturated rings. The lowest BCUT2D eigenvalue weighted by atomic mass is 10.0. The normalized spacial score (nSPS) is 17.8. The Balaban J connectivity index is 1.45. The van der Waals surface area contributed by atoms with E-state index in [0.29, 0.717) is 36.8 Å². The van der Waals surface area contributed by atoms with E-state index < -0.39 is 12.0 Å². The molecule has 176 valence electrons. The zero-order valence-electron chi connectivity index (χ0n) is 19.3. The predicted octanol–water partition coefficient (Wildman–Crippen LogP) is 4.73. The van der Waals surface area contributed by atoms with Gasteiger partial charge in [0.15, 0.2) is 0 Å². The number of rotatable bonds is 11. The van der Waals surface area contributed by atoms with Gasteiger partial charge < -0.3 is 14.8 Å². The molecule has 32 heavy (non-hydrogen) atoms. The number of methoxy groups -OCH3 is 1. The zero-order valence-corrected chi connectivity index (χ0v) is 19.3. The van der Waals surface area contributed by atoms with Crippen molar-refractivity contribution in [1.82, 2.24) is 5.32 Å². The predicted molar refractivity (Wildman–Crippen MR) is 122 cm³/mol. The van der Waals surface area contributed by atoms with Gasteiger partial charge >= 0.3 is 11.9 Å². The van der Waals surface area contributed by atoms with Crippen molar-refractivity contribution >= 4 is 17.8 Å². The van der Waals surface area contributed by atoms with E-state index in [2.05, 4.69) is 5.32 Å². The van der Waals surface area contributed by atoms with Gasteiger partial charge in [0.2, 0.25) is 5.91 Å². The molecule has 2 saturated carbocycles. The van der Waals surface area contributed by atoms with Gasteiger partial charge in [0.05, 0.1) is 7.11 Å². The van der Waals surface area contributed by atoms with E-state index in [9.17, 15) is 14.4 Å². The van der Waals surface area contributed by atoms with Crippen molar-refractivity contribution in [2.75, 3.05) is 7.11 Å². The van der Waals surface area contributed by atoms with E-state index in [1.807, 2.05) is 12.1 Å². The molecule has 3 rings (SSSR count). The summed E-state index contributed by atoms with van der Waals surface area (Å²) >= 11 is 0. The molecular formula is C26H37NO5. The minimum absolute atomic E-state index is 0.111. The van der Waals surface area contributed by atoms with Gasteiger partial charge in [-0.1, -0.05) is 63.5 Å². The topological polar surface area (TPSA) is 81.7 Å². The molecule has 0 bridgehead atoms. The number of esters is 2. The Kier molecular flexibility index (Phi) is 9.57. The Hall–Kier alpha value is -2.37. The van der Waals surface area contributed by atoms with Crippen LogP contribution in [-0.2, 0) is 25.5 Å². The Morgan fingerprint density at radius 2 is 1.47 bits per heavy atom. The van der Waals surface area contributed by atoms with Gasteiger partial charge in [0.25, 0.3) is 0 Å². The Morgan fingerprint density at radius 3 is 2.03 bits per heavy atom. The summed E-state index contributed by atoms with van der Waals surface area (Å²) in [5, 5.41) is 2.83. The zero-order chi connectivity index (χ0) is 22.8. The van der Waals surface area contributed by atoms with Crippen LogP contribution < -0.4 is 10.1 Å². The van der Waals surface area contributed by atoms with Crippen LogP contribution in [0.5, 0.6) is 5.75 Å². The van der Waals surface area contributed by atoms with E-state index in [0.717, 1.165) is 18.4 Å². The molecule has 0 heterocycles. The molecule has 0 aliphatic heterocycles. The first kappa shape index (κ1) is 24.3. The lowest BCUT2D eigenvalue weighted by molar-refractivity contribution is -0.145. The molecule has 0 spiro atoms. The smallest absolute Gasteiger partial charge is 0.328 e. The van der Waals surface area contributed by atoms with Gasteiger partial charge in [0, 0.05) is 19.3 Å². The standard InChI is InChI=1S/C26H37NO5/c1-31-26(30)23(27-24(28)16-12-19-6-2-3-7-19)18-21-10-14-22(15-11-21)32-25(29)17-13-20-8-4-5-9-20/h10-11,14-15,19-20,23H,2-9,12-13,16-18H2,1H3,(H,27,28)/t23-/m0/s1. The van der Waals surface area contributed by atoms with Gasteiger partial charge in [-0.15, -0.1) is 0 Å². The number of ether oxygens (including phenoxy) is 2. The SMILES string of the molecule is COC(=O)[C@H](Cc1ccc(OC(=O)CCC2CCCC2)cc1)NC(=O)CCC1CCCC1. The molecule has 1 aromatic rings. The first-order valence-electron chi connectivity index (χ1n) is 12.2. The number of hydrogen-bond acceptors (Lipinski definition) is 5. The number of carbonyl (C=O) groups is 3. The molecule has 1 N–H and O–H groups in total. The highest BCUT2D eigenvalue weighted by Gasteiger charge is 2.23. The first-order chi connectivity index (χ1) is 15.5. The van der Waals surface area contributed by atoms with E-state index in [4.69, 9.17) is 9.47 Å². The van der Waals surface area contributed by atoms with Crippen LogP contribution in [0, 0.1) is 11.8 Å². The van der Waals surface area contributed by atoms with Gasteiger partial charge in [0.1, 0.15) is 11.8 Å². The molecule has 1 aromatic carbocycles. The Labute approximate surface area is 191 Å². The van der Waals surface area contributed by atoms with Crippen LogP contribution in [0.4, 0.5) is 0 Å². The van der Waals surface area contributed by atoms with E-state index in [1.165, 1.54) is 58.5 Å². The van der Waals surface area contributed by atoms with Gasteiger partial charge in [-0.05, 0) is 42.4 Å². The maximum absolute atomic E-state index is 12.4. The van der Waals surface area contributed by atoms with E-state index >= 15 is 0 Å². The molecule has 6 nitrogen and oxygen atoms in total. The Morgan fingerprint density at radius 1 is 0.906 bits per heavy atom.